The van der Waals surface area contributed by atoms with Gasteiger partial charge in [0.25, 0.3) is 0 Å². The Labute approximate surface area is 692 Å². The second-order valence-electron chi connectivity index (χ2n) is 30.6. The fraction of sp³-hybridized carbons (Fsp3) is 0. The van der Waals surface area contributed by atoms with Crippen LogP contribution in [0, 0.1) is 0 Å². The van der Waals surface area contributed by atoms with E-state index in [1.54, 1.807) is 0 Å². The second kappa shape index (κ2) is 27.9. The molecule has 0 atom stereocenters. The van der Waals surface area contributed by atoms with Crippen molar-refractivity contribution >= 4 is 141 Å². The van der Waals surface area contributed by atoms with Gasteiger partial charge in [-0.15, -0.1) is 11.3 Å². The SMILES string of the molecule is c1ccc(-c2cc(-c3ccc(-n4c5ccccc5c5c(-c6ccc7c(c6)c6ccccc6n7-c6cccc7c6oc6ccccc67)cccc54)cc3)nc(-c3ccccc3)n2)cc1.c1ccc(-c2nc(-c3ccccc3)nc(-n3c4ccccc4c4c(-c5ccc6c(c5)c5ccccc5n6-c5ccc6sc7ccccc7c6c5)cccc43)n2)cc1. The molecule has 0 N–H and O–H groups in total. The molecular formula is C109H67N9OS. The molecule has 0 aliphatic carbocycles. The third kappa shape index (κ3) is 11.2. The minimum absolute atomic E-state index is 0.583. The average Bonchev–Trinajstić information content (AvgIpc) is 1.57. The van der Waals surface area contributed by atoms with Crippen LogP contribution in [0.15, 0.2) is 411 Å². The topological polar surface area (TPSA) is 97.3 Å². The number of thiophene rings is 1. The lowest BCUT2D eigenvalue weighted by atomic mass is 9.98. The summed E-state index contributed by atoms with van der Waals surface area (Å²) in [6.07, 6.45) is 0. The van der Waals surface area contributed by atoms with E-state index in [0.29, 0.717) is 23.4 Å². The number of hydrogen-bond acceptors (Lipinski definition) is 7. The van der Waals surface area contributed by atoms with Gasteiger partial charge < -0.3 is 18.1 Å². The normalized spacial score (nSPS) is 11.8. The van der Waals surface area contributed by atoms with Crippen LogP contribution < -0.4 is 0 Å². The van der Waals surface area contributed by atoms with Crippen LogP contribution in [-0.2, 0) is 0 Å². The highest BCUT2D eigenvalue weighted by atomic mass is 32.1. The van der Waals surface area contributed by atoms with Crippen molar-refractivity contribution in [3.63, 3.8) is 0 Å². The zero-order chi connectivity index (χ0) is 78.9. The van der Waals surface area contributed by atoms with E-state index in [0.717, 1.165) is 133 Å². The number of aromatic nitrogens is 9. The minimum atomic E-state index is 0.583. The Kier molecular flexibility index (Phi) is 15.9. The van der Waals surface area contributed by atoms with E-state index < -0.39 is 0 Å². The van der Waals surface area contributed by atoms with Crippen molar-refractivity contribution in [1.29, 1.82) is 0 Å². The van der Waals surface area contributed by atoms with E-state index in [1.807, 2.05) is 121 Å². The quantitative estimate of drug-likeness (QED) is 0.128. The summed E-state index contributed by atoms with van der Waals surface area (Å²) in [7, 11) is 0. The average molecular weight is 1550 g/mol. The number of para-hydroxylation sites is 6. The Morgan fingerprint density at radius 3 is 1.21 bits per heavy atom. The first kappa shape index (κ1) is 68.5. The first-order chi connectivity index (χ1) is 59.5. The standard InChI is InChI=1S/C58H36N4O.C51H31N5S/c1-3-15-37(16-4-1)48-36-49(60-58(59-48)39-17-5-2-6-18-39)38-29-32-41(33-30-38)61-51-25-11-8-21-46(51)56-42(22-13-26-53(56)61)40-31-34-52-47(35-40)43-19-7-10-24-50(43)62(52)54-27-14-23-45-44-20-9-12-28-55(44)63-57(45)54;1-3-14-32(15-4-1)49-52-50(33-16-5-2-6-17-33)54-51(53-49)56-43-23-11-8-20-39(43)48-36(21-13-24-45(48)56)34-26-28-44-40(30-34)37-18-7-10-22-42(37)55(44)35-27-29-47-41(31-35)38-19-9-12-25-46(38)57-47/h1-36H;1-31H. The van der Waals surface area contributed by atoms with Crippen LogP contribution in [0.3, 0.4) is 0 Å². The van der Waals surface area contributed by atoms with Gasteiger partial charge in [-0.3, -0.25) is 4.57 Å². The summed E-state index contributed by atoms with van der Waals surface area (Å²) in [6, 6.07) is 144. The van der Waals surface area contributed by atoms with Gasteiger partial charge in [-0.1, -0.05) is 291 Å². The first-order valence-electron chi connectivity index (χ1n) is 40.4. The fourth-order valence-corrected chi connectivity index (χ4v) is 19.4. The number of benzene rings is 17. The van der Waals surface area contributed by atoms with Crippen LogP contribution >= 0.6 is 11.3 Å². The lowest BCUT2D eigenvalue weighted by Crippen LogP contribution is -2.06. The lowest BCUT2D eigenvalue weighted by molar-refractivity contribution is 0.666. The van der Waals surface area contributed by atoms with E-state index in [4.69, 9.17) is 29.3 Å². The predicted molar refractivity (Wildman–Crippen MR) is 497 cm³/mol. The van der Waals surface area contributed by atoms with Gasteiger partial charge in [0.15, 0.2) is 23.1 Å². The van der Waals surface area contributed by atoms with Crippen molar-refractivity contribution in [2.45, 2.75) is 0 Å². The molecule has 0 aliphatic rings. The Balaban J connectivity index is 0.000000137. The Bertz CT molecular complexity index is 8290. The maximum absolute atomic E-state index is 6.57. The zero-order valence-corrected chi connectivity index (χ0v) is 65.3. The highest BCUT2D eigenvalue weighted by Gasteiger charge is 2.25. The summed E-state index contributed by atoms with van der Waals surface area (Å²) in [5.74, 6) is 2.56. The van der Waals surface area contributed by atoms with Crippen molar-refractivity contribution in [2.24, 2.45) is 0 Å². The first-order valence-corrected chi connectivity index (χ1v) is 41.3. The molecule has 0 fully saturated rings. The smallest absolute Gasteiger partial charge is 0.238 e. The van der Waals surface area contributed by atoms with Gasteiger partial charge in [0, 0.05) is 113 Å². The molecule has 10 nitrogen and oxygen atoms in total. The van der Waals surface area contributed by atoms with Crippen molar-refractivity contribution in [3.8, 4) is 102 Å². The van der Waals surface area contributed by atoms with E-state index >= 15 is 0 Å². The number of nitrogens with zero attached hydrogens (tertiary/aromatic N) is 9. The molecule has 8 aromatic heterocycles. The van der Waals surface area contributed by atoms with Gasteiger partial charge in [-0.25, -0.2) is 15.0 Å². The summed E-state index contributed by atoms with van der Waals surface area (Å²) in [6.45, 7) is 0. The van der Waals surface area contributed by atoms with Crippen LogP contribution in [0.1, 0.15) is 0 Å². The summed E-state index contributed by atoms with van der Waals surface area (Å²) < 4.78 is 18.6. The number of furan rings is 1. The monoisotopic (exact) mass is 1550 g/mol. The molecule has 120 heavy (non-hydrogen) atoms. The van der Waals surface area contributed by atoms with Crippen LogP contribution in [0.4, 0.5) is 0 Å². The predicted octanol–water partition coefficient (Wildman–Crippen LogP) is 28.7. The Hall–Kier alpha value is -16.0. The van der Waals surface area contributed by atoms with E-state index in [1.165, 1.54) is 74.6 Å². The van der Waals surface area contributed by atoms with Gasteiger partial charge in [0.2, 0.25) is 5.95 Å². The van der Waals surface area contributed by atoms with Gasteiger partial charge in [-0.05, 0) is 138 Å². The molecule has 0 unspecified atom stereocenters. The van der Waals surface area contributed by atoms with Gasteiger partial charge in [-0.2, -0.15) is 9.97 Å². The molecule has 0 amide bonds. The fourth-order valence-electron chi connectivity index (χ4n) is 18.3. The number of hydrogen-bond donors (Lipinski definition) is 0. The molecule has 0 saturated carbocycles. The molecule has 0 saturated heterocycles. The lowest BCUT2D eigenvalue weighted by Gasteiger charge is -2.12. The largest absolute Gasteiger partial charge is 0.454 e. The van der Waals surface area contributed by atoms with Crippen LogP contribution in [-0.4, -0.2) is 43.2 Å². The summed E-state index contributed by atoms with van der Waals surface area (Å²) >= 11 is 1.85. The molecule has 8 heterocycles. The van der Waals surface area contributed by atoms with E-state index in [2.05, 4.69) is 316 Å². The highest BCUT2D eigenvalue weighted by Crippen LogP contribution is 2.47. The summed E-state index contributed by atoms with van der Waals surface area (Å²) in [4.78, 5) is 25.4. The Morgan fingerprint density at radius 1 is 0.217 bits per heavy atom. The van der Waals surface area contributed by atoms with Crippen LogP contribution in [0.25, 0.3) is 231 Å². The van der Waals surface area contributed by atoms with Gasteiger partial charge >= 0.3 is 0 Å². The summed E-state index contributed by atoms with van der Waals surface area (Å²) in [5.41, 5.74) is 25.5. The number of fused-ring (bicyclic) bond motifs is 18. The molecule has 0 radical (unpaired) electrons. The number of rotatable bonds is 11. The molecule has 0 aliphatic heterocycles. The van der Waals surface area contributed by atoms with Crippen LogP contribution in [0.5, 0.6) is 0 Å². The molecule has 25 aromatic rings. The maximum atomic E-state index is 6.57. The molecular weight excluding hydrogens is 1480 g/mol. The second-order valence-corrected chi connectivity index (χ2v) is 31.6. The Morgan fingerprint density at radius 2 is 0.617 bits per heavy atom. The molecule has 17 aromatic carbocycles. The summed E-state index contributed by atoms with van der Waals surface area (Å²) in [5, 5.41) is 14.4. The third-order valence-electron chi connectivity index (χ3n) is 23.7. The van der Waals surface area contributed by atoms with Crippen molar-refractivity contribution in [1.82, 2.24) is 43.2 Å². The van der Waals surface area contributed by atoms with E-state index in [9.17, 15) is 0 Å². The van der Waals surface area contributed by atoms with Crippen molar-refractivity contribution in [3.05, 3.63) is 406 Å². The van der Waals surface area contributed by atoms with Crippen molar-refractivity contribution < 1.29 is 4.42 Å². The van der Waals surface area contributed by atoms with Gasteiger partial charge in [0.05, 0.1) is 61.2 Å². The molecule has 25 rings (SSSR count). The molecule has 0 spiro atoms. The molecule has 11 heteroatoms. The van der Waals surface area contributed by atoms with E-state index in [-0.39, 0.29) is 0 Å². The van der Waals surface area contributed by atoms with Crippen molar-refractivity contribution in [2.75, 3.05) is 0 Å². The van der Waals surface area contributed by atoms with Crippen LogP contribution in [0.2, 0.25) is 0 Å². The minimum Gasteiger partial charge on any atom is -0.454 e. The molecule has 560 valence electrons. The third-order valence-corrected chi connectivity index (χ3v) is 24.9. The highest BCUT2D eigenvalue weighted by molar-refractivity contribution is 7.25. The van der Waals surface area contributed by atoms with Gasteiger partial charge in [0.1, 0.15) is 5.58 Å². The molecule has 0 bridgehead atoms. The maximum Gasteiger partial charge on any atom is 0.238 e. The zero-order valence-electron chi connectivity index (χ0n) is 64.5.